The van der Waals surface area contributed by atoms with E-state index >= 15 is 0 Å². The van der Waals surface area contributed by atoms with Gasteiger partial charge in [-0.2, -0.15) is 0 Å². The Balaban J connectivity index is 1.72. The van der Waals surface area contributed by atoms with E-state index in [0.29, 0.717) is 25.9 Å². The van der Waals surface area contributed by atoms with E-state index in [1.807, 2.05) is 11.9 Å². The molecular weight excluding hydrogens is 268 g/mol. The number of carbonyl (C=O) groups excluding carboxylic acids is 1. The number of hydrogen-bond donors (Lipinski definition) is 2. The Morgan fingerprint density at radius 1 is 1.38 bits per heavy atom. The zero-order valence-corrected chi connectivity index (χ0v) is 12.6. The quantitative estimate of drug-likeness (QED) is 0.850. The minimum atomic E-state index is -1.14. The smallest absolute Gasteiger partial charge is 0.254 e. The number of nitrogens with one attached hydrogen (secondary N) is 1. The molecule has 2 heterocycles. The van der Waals surface area contributed by atoms with E-state index in [4.69, 9.17) is 0 Å². The third kappa shape index (κ3) is 2.82. The Morgan fingerprint density at radius 2 is 2.14 bits per heavy atom. The van der Waals surface area contributed by atoms with Crippen molar-refractivity contribution < 1.29 is 9.90 Å². The normalized spacial score (nSPS) is 26.8. The summed E-state index contributed by atoms with van der Waals surface area (Å²) >= 11 is 0. The van der Waals surface area contributed by atoms with Gasteiger partial charge >= 0.3 is 0 Å². The summed E-state index contributed by atoms with van der Waals surface area (Å²) in [6.07, 6.45) is 7.74. The minimum absolute atomic E-state index is 0.0740. The lowest BCUT2D eigenvalue weighted by atomic mass is 9.83. The number of hydrogen-bond acceptors (Lipinski definition) is 4. The average molecular weight is 292 g/mol. The summed E-state index contributed by atoms with van der Waals surface area (Å²) in [5, 5.41) is 10.6. The minimum Gasteiger partial charge on any atom is -0.380 e. The molecule has 21 heavy (non-hydrogen) atoms. The van der Waals surface area contributed by atoms with Crippen molar-refractivity contribution in [2.24, 2.45) is 0 Å². The molecule has 6 heteroatoms. The third-order valence-electron chi connectivity index (χ3n) is 4.85. The maximum atomic E-state index is 12.7. The van der Waals surface area contributed by atoms with Gasteiger partial charge in [-0.1, -0.05) is 19.3 Å². The van der Waals surface area contributed by atoms with Crippen molar-refractivity contribution in [3.8, 4) is 0 Å². The van der Waals surface area contributed by atoms with Crippen molar-refractivity contribution in [1.29, 1.82) is 0 Å². The Bertz CT molecular complexity index is 482. The van der Waals surface area contributed by atoms with Gasteiger partial charge in [-0.05, 0) is 19.9 Å². The van der Waals surface area contributed by atoms with E-state index < -0.39 is 5.60 Å². The van der Waals surface area contributed by atoms with Crippen LogP contribution in [0.4, 0.5) is 0 Å². The predicted octanol–water partition coefficient (Wildman–Crippen LogP) is 0.920. The molecule has 0 unspecified atom stereocenters. The first-order valence-corrected chi connectivity index (χ1v) is 7.81. The lowest BCUT2D eigenvalue weighted by Crippen LogP contribution is -2.56. The SMILES string of the molecule is CN1CCN(C(=O)C2(O)CCCCC2)C[C@H]1c1ncc[nH]1. The van der Waals surface area contributed by atoms with Gasteiger partial charge in [-0.15, -0.1) is 0 Å². The molecule has 3 rings (SSSR count). The first kappa shape index (κ1) is 14.5. The molecule has 1 aromatic rings. The van der Waals surface area contributed by atoms with E-state index in [-0.39, 0.29) is 11.9 Å². The van der Waals surface area contributed by atoms with Crippen molar-refractivity contribution >= 4 is 5.91 Å². The third-order valence-corrected chi connectivity index (χ3v) is 4.85. The Kier molecular flexibility index (Phi) is 3.99. The van der Waals surface area contributed by atoms with Crippen molar-refractivity contribution in [3.05, 3.63) is 18.2 Å². The summed E-state index contributed by atoms with van der Waals surface area (Å²) < 4.78 is 0. The number of amides is 1. The molecule has 0 spiro atoms. The van der Waals surface area contributed by atoms with Crippen molar-refractivity contribution in [3.63, 3.8) is 0 Å². The monoisotopic (exact) mass is 292 g/mol. The van der Waals surface area contributed by atoms with E-state index in [0.717, 1.165) is 31.6 Å². The van der Waals surface area contributed by atoms with E-state index in [2.05, 4.69) is 14.9 Å². The summed E-state index contributed by atoms with van der Waals surface area (Å²) in [5.74, 6) is 0.789. The van der Waals surface area contributed by atoms with Crippen LogP contribution in [0.2, 0.25) is 0 Å². The molecule has 2 fully saturated rings. The topological polar surface area (TPSA) is 72.5 Å². The molecule has 1 aromatic heterocycles. The fourth-order valence-electron chi connectivity index (χ4n) is 3.46. The largest absolute Gasteiger partial charge is 0.380 e. The Labute approximate surface area is 125 Å². The first-order chi connectivity index (χ1) is 10.1. The fraction of sp³-hybridized carbons (Fsp3) is 0.733. The summed E-state index contributed by atoms with van der Waals surface area (Å²) in [6, 6.07) is 0.0740. The van der Waals surface area contributed by atoms with Crippen LogP contribution < -0.4 is 0 Å². The molecule has 0 radical (unpaired) electrons. The van der Waals surface area contributed by atoms with E-state index in [1.54, 1.807) is 12.4 Å². The summed E-state index contributed by atoms with van der Waals surface area (Å²) in [6.45, 7) is 2.06. The molecule has 1 aliphatic heterocycles. The zero-order valence-electron chi connectivity index (χ0n) is 12.6. The fourth-order valence-corrected chi connectivity index (χ4v) is 3.46. The highest BCUT2D eigenvalue weighted by Crippen LogP contribution is 2.31. The van der Waals surface area contributed by atoms with Gasteiger partial charge in [0.1, 0.15) is 11.4 Å². The van der Waals surface area contributed by atoms with Crippen LogP contribution in [0.5, 0.6) is 0 Å². The standard InChI is InChI=1S/C15H24N4O2/c1-18-9-10-19(11-12(18)13-16-7-8-17-13)14(20)15(21)5-3-2-4-6-15/h7-8,12,21H,2-6,9-11H2,1H3,(H,16,17)/t12-/m0/s1. The van der Waals surface area contributed by atoms with E-state index in [9.17, 15) is 9.90 Å². The Hall–Kier alpha value is -1.40. The molecule has 2 N–H and O–H groups in total. The van der Waals surface area contributed by atoms with Crippen LogP contribution in [-0.4, -0.2) is 63.1 Å². The van der Waals surface area contributed by atoms with E-state index in [1.165, 1.54) is 0 Å². The van der Waals surface area contributed by atoms with Crippen LogP contribution >= 0.6 is 0 Å². The highest BCUT2D eigenvalue weighted by molar-refractivity contribution is 5.85. The lowest BCUT2D eigenvalue weighted by Gasteiger charge is -2.42. The molecule has 1 saturated carbocycles. The van der Waals surface area contributed by atoms with Crippen LogP contribution in [0.15, 0.2) is 12.4 Å². The van der Waals surface area contributed by atoms with Crippen LogP contribution in [0.3, 0.4) is 0 Å². The molecule has 1 aliphatic carbocycles. The molecule has 1 atom stereocenters. The molecule has 6 nitrogen and oxygen atoms in total. The van der Waals surface area contributed by atoms with Gasteiger partial charge in [0.25, 0.3) is 5.91 Å². The van der Waals surface area contributed by atoms with Crippen LogP contribution in [0, 0.1) is 0 Å². The predicted molar refractivity (Wildman–Crippen MR) is 78.6 cm³/mol. The van der Waals surface area contributed by atoms with Crippen LogP contribution in [0.25, 0.3) is 0 Å². The second-order valence-electron chi connectivity index (χ2n) is 6.31. The Morgan fingerprint density at radius 3 is 2.81 bits per heavy atom. The number of H-pyrrole nitrogens is 1. The molecule has 0 aromatic carbocycles. The molecule has 116 valence electrons. The second-order valence-corrected chi connectivity index (χ2v) is 6.31. The summed E-state index contributed by atoms with van der Waals surface area (Å²) in [7, 11) is 2.05. The number of likely N-dealkylation sites (N-methyl/N-ethyl adjacent to an activating group) is 1. The van der Waals surface area contributed by atoms with Gasteiger partial charge in [-0.25, -0.2) is 4.98 Å². The van der Waals surface area contributed by atoms with Gasteiger partial charge in [0.15, 0.2) is 0 Å². The number of piperazine rings is 1. The number of aliphatic hydroxyl groups is 1. The van der Waals surface area contributed by atoms with Gasteiger partial charge < -0.3 is 15.0 Å². The maximum absolute atomic E-state index is 12.7. The van der Waals surface area contributed by atoms with Gasteiger partial charge in [0.2, 0.25) is 0 Å². The van der Waals surface area contributed by atoms with Crippen molar-refractivity contribution in [1.82, 2.24) is 19.8 Å². The maximum Gasteiger partial charge on any atom is 0.254 e. The first-order valence-electron chi connectivity index (χ1n) is 7.81. The number of aromatic amines is 1. The van der Waals surface area contributed by atoms with Gasteiger partial charge in [-0.3, -0.25) is 9.69 Å². The van der Waals surface area contributed by atoms with Crippen molar-refractivity contribution in [2.75, 3.05) is 26.7 Å². The second kappa shape index (κ2) is 5.77. The highest BCUT2D eigenvalue weighted by Gasteiger charge is 2.42. The molecule has 1 saturated heterocycles. The van der Waals surface area contributed by atoms with Gasteiger partial charge in [0.05, 0.1) is 6.04 Å². The molecule has 2 aliphatic rings. The lowest BCUT2D eigenvalue weighted by molar-refractivity contribution is -0.157. The number of rotatable bonds is 2. The number of aromatic nitrogens is 2. The molecule has 0 bridgehead atoms. The zero-order chi connectivity index (χ0) is 14.9. The average Bonchev–Trinajstić information content (AvgIpc) is 3.02. The number of carbonyl (C=O) groups is 1. The highest BCUT2D eigenvalue weighted by atomic mass is 16.3. The summed E-state index contributed by atoms with van der Waals surface area (Å²) in [4.78, 5) is 24.2. The molecule has 1 amide bonds. The molecular formula is C15H24N4O2. The number of nitrogens with zero attached hydrogens (tertiary/aromatic N) is 3. The van der Waals surface area contributed by atoms with Crippen LogP contribution in [0.1, 0.15) is 44.0 Å². The van der Waals surface area contributed by atoms with Crippen LogP contribution in [-0.2, 0) is 4.79 Å². The number of imidazole rings is 1. The summed E-state index contributed by atoms with van der Waals surface area (Å²) in [5.41, 5.74) is -1.14. The van der Waals surface area contributed by atoms with Crippen molar-refractivity contribution in [2.45, 2.75) is 43.7 Å². The van der Waals surface area contributed by atoms with Gasteiger partial charge in [0, 0.05) is 32.0 Å².